The van der Waals surface area contributed by atoms with Crippen molar-refractivity contribution in [2.45, 2.75) is 17.8 Å². The first-order valence-corrected chi connectivity index (χ1v) is 10.4. The average molecular weight is 427 g/mol. The maximum absolute atomic E-state index is 6.14. The fourth-order valence-corrected chi connectivity index (χ4v) is 4.04. The van der Waals surface area contributed by atoms with Crippen LogP contribution in [0.3, 0.4) is 0 Å². The van der Waals surface area contributed by atoms with Gasteiger partial charge in [-0.05, 0) is 54.4 Å². The minimum atomic E-state index is 0.553. The molecule has 0 unspecified atom stereocenters. The van der Waals surface area contributed by atoms with E-state index in [1.54, 1.807) is 24.2 Å². The molecule has 140 valence electrons. The highest BCUT2D eigenvalue weighted by Crippen LogP contribution is 2.31. The number of nitrogens with zero attached hydrogens (tertiary/aromatic N) is 4. The van der Waals surface area contributed by atoms with Crippen LogP contribution in [-0.4, -0.2) is 19.7 Å². The van der Waals surface area contributed by atoms with Gasteiger partial charge in [0.05, 0.1) is 10.0 Å². The van der Waals surface area contributed by atoms with Gasteiger partial charge in [0.15, 0.2) is 11.0 Å². The molecule has 2 heterocycles. The summed E-state index contributed by atoms with van der Waals surface area (Å²) in [7, 11) is 0. The second kappa shape index (κ2) is 8.35. The van der Waals surface area contributed by atoms with Gasteiger partial charge in [0.1, 0.15) is 0 Å². The molecule has 0 amide bonds. The van der Waals surface area contributed by atoms with E-state index < -0.39 is 0 Å². The molecule has 0 aliphatic carbocycles. The third-order valence-corrected chi connectivity index (χ3v) is 5.92. The maximum Gasteiger partial charge on any atom is 0.196 e. The minimum Gasteiger partial charge on any atom is -0.270 e. The lowest BCUT2D eigenvalue weighted by atomic mass is 10.2. The molecule has 0 aliphatic rings. The van der Waals surface area contributed by atoms with Crippen LogP contribution in [0.25, 0.3) is 17.1 Å². The van der Waals surface area contributed by atoms with E-state index in [2.05, 4.69) is 44.9 Å². The number of benzene rings is 2. The van der Waals surface area contributed by atoms with E-state index >= 15 is 0 Å². The lowest BCUT2D eigenvalue weighted by Gasteiger charge is -2.11. The summed E-state index contributed by atoms with van der Waals surface area (Å²) in [4.78, 5) is 4.10. The lowest BCUT2D eigenvalue weighted by Crippen LogP contribution is -2.00. The van der Waals surface area contributed by atoms with Crippen molar-refractivity contribution in [2.75, 3.05) is 0 Å². The summed E-state index contributed by atoms with van der Waals surface area (Å²) >= 11 is 13.8. The minimum absolute atomic E-state index is 0.553. The van der Waals surface area contributed by atoms with E-state index in [0.29, 0.717) is 15.8 Å². The molecule has 0 N–H and O–H groups in total. The van der Waals surface area contributed by atoms with Crippen molar-refractivity contribution in [2.24, 2.45) is 0 Å². The van der Waals surface area contributed by atoms with E-state index in [1.807, 2.05) is 36.4 Å². The summed E-state index contributed by atoms with van der Waals surface area (Å²) < 4.78 is 2.07. The van der Waals surface area contributed by atoms with Gasteiger partial charge in [-0.3, -0.25) is 9.55 Å². The zero-order valence-corrected chi connectivity index (χ0v) is 17.3. The van der Waals surface area contributed by atoms with Crippen LogP contribution in [0.5, 0.6) is 0 Å². The standard InChI is InChI=1S/C21H16Cl2N4S/c1-14-3-2-4-17(11-14)27-20(16-7-9-24-10-8-16)25-26-21(27)28-13-15-5-6-18(22)19(23)12-15/h2-12H,13H2,1H3. The third kappa shape index (κ3) is 4.07. The molecule has 0 atom stereocenters. The van der Waals surface area contributed by atoms with Gasteiger partial charge in [-0.15, -0.1) is 10.2 Å². The van der Waals surface area contributed by atoms with Gasteiger partial charge < -0.3 is 0 Å². The van der Waals surface area contributed by atoms with E-state index in [4.69, 9.17) is 23.2 Å². The molecule has 0 aliphatic heterocycles. The Morgan fingerprint density at radius 1 is 0.929 bits per heavy atom. The van der Waals surface area contributed by atoms with Crippen molar-refractivity contribution in [3.63, 3.8) is 0 Å². The van der Waals surface area contributed by atoms with Crippen LogP contribution in [0.15, 0.2) is 72.1 Å². The third-order valence-electron chi connectivity index (χ3n) is 4.18. The average Bonchev–Trinajstić information content (AvgIpc) is 3.13. The first-order chi connectivity index (χ1) is 13.6. The predicted molar refractivity (Wildman–Crippen MR) is 115 cm³/mol. The van der Waals surface area contributed by atoms with Crippen LogP contribution in [0.1, 0.15) is 11.1 Å². The van der Waals surface area contributed by atoms with Crippen molar-refractivity contribution < 1.29 is 0 Å². The quantitative estimate of drug-likeness (QED) is 0.354. The molecular weight excluding hydrogens is 411 g/mol. The van der Waals surface area contributed by atoms with Crippen molar-refractivity contribution in [1.82, 2.24) is 19.7 Å². The number of rotatable bonds is 5. The monoisotopic (exact) mass is 426 g/mol. The Morgan fingerprint density at radius 3 is 2.50 bits per heavy atom. The van der Waals surface area contributed by atoms with Crippen molar-refractivity contribution in [3.8, 4) is 17.1 Å². The van der Waals surface area contributed by atoms with E-state index in [9.17, 15) is 0 Å². The van der Waals surface area contributed by atoms with Crippen LogP contribution >= 0.6 is 35.0 Å². The number of aryl methyl sites for hydroxylation is 1. The topological polar surface area (TPSA) is 43.6 Å². The number of thioether (sulfide) groups is 1. The lowest BCUT2D eigenvalue weighted by molar-refractivity contribution is 0.885. The van der Waals surface area contributed by atoms with Gasteiger partial charge in [-0.25, -0.2) is 0 Å². The van der Waals surface area contributed by atoms with E-state index in [1.165, 1.54) is 5.56 Å². The molecule has 7 heteroatoms. The SMILES string of the molecule is Cc1cccc(-n2c(SCc3ccc(Cl)c(Cl)c3)nnc2-c2ccncc2)c1. The van der Waals surface area contributed by atoms with Crippen molar-refractivity contribution in [3.05, 3.63) is 88.2 Å². The van der Waals surface area contributed by atoms with Crippen LogP contribution in [-0.2, 0) is 5.75 Å². The molecule has 4 nitrogen and oxygen atoms in total. The van der Waals surface area contributed by atoms with Gasteiger partial charge in [0.2, 0.25) is 0 Å². The number of aromatic nitrogens is 4. The van der Waals surface area contributed by atoms with Gasteiger partial charge in [0, 0.05) is 29.4 Å². The highest BCUT2D eigenvalue weighted by Gasteiger charge is 2.16. The second-order valence-corrected chi connectivity index (χ2v) is 8.01. The van der Waals surface area contributed by atoms with Crippen LogP contribution in [0.2, 0.25) is 10.0 Å². The van der Waals surface area contributed by atoms with Gasteiger partial charge >= 0.3 is 0 Å². The number of hydrogen-bond donors (Lipinski definition) is 0. The summed E-state index contributed by atoms with van der Waals surface area (Å²) in [6.07, 6.45) is 3.51. The fraction of sp³-hybridized carbons (Fsp3) is 0.0952. The first kappa shape index (κ1) is 19.0. The largest absolute Gasteiger partial charge is 0.270 e. The number of pyridine rings is 1. The Labute approximate surface area is 177 Å². The highest BCUT2D eigenvalue weighted by atomic mass is 35.5. The maximum atomic E-state index is 6.14. The van der Waals surface area contributed by atoms with E-state index in [-0.39, 0.29) is 0 Å². The Morgan fingerprint density at radius 2 is 1.75 bits per heavy atom. The Hall–Kier alpha value is -2.34. The number of hydrogen-bond acceptors (Lipinski definition) is 4. The molecule has 0 fully saturated rings. The molecule has 0 saturated carbocycles. The summed E-state index contributed by atoms with van der Waals surface area (Å²) in [5, 5.41) is 10.8. The number of halogens is 2. The molecule has 0 saturated heterocycles. The predicted octanol–water partition coefficient (Wildman–Crippen LogP) is 6.24. The van der Waals surface area contributed by atoms with Gasteiger partial charge in [0.25, 0.3) is 0 Å². The van der Waals surface area contributed by atoms with Crippen molar-refractivity contribution >= 4 is 35.0 Å². The molecule has 0 bridgehead atoms. The molecule has 28 heavy (non-hydrogen) atoms. The fourth-order valence-electron chi connectivity index (χ4n) is 2.83. The first-order valence-electron chi connectivity index (χ1n) is 8.61. The highest BCUT2D eigenvalue weighted by molar-refractivity contribution is 7.98. The van der Waals surface area contributed by atoms with E-state index in [0.717, 1.165) is 27.8 Å². The molecule has 0 radical (unpaired) electrons. The normalized spacial score (nSPS) is 11.0. The van der Waals surface area contributed by atoms with Gasteiger partial charge in [-0.1, -0.05) is 53.2 Å². The second-order valence-electron chi connectivity index (χ2n) is 6.25. The molecule has 2 aromatic heterocycles. The summed E-state index contributed by atoms with van der Waals surface area (Å²) in [5.41, 5.74) is 4.23. The van der Waals surface area contributed by atoms with Crippen LogP contribution in [0.4, 0.5) is 0 Å². The molecule has 0 spiro atoms. The smallest absolute Gasteiger partial charge is 0.196 e. The van der Waals surface area contributed by atoms with Gasteiger partial charge in [-0.2, -0.15) is 0 Å². The Balaban J connectivity index is 1.72. The summed E-state index contributed by atoms with van der Waals surface area (Å²) in [5.74, 6) is 1.49. The Bertz CT molecular complexity index is 1110. The summed E-state index contributed by atoms with van der Waals surface area (Å²) in [6.45, 7) is 2.07. The Kier molecular flexibility index (Phi) is 5.67. The van der Waals surface area contributed by atoms with Crippen LogP contribution < -0.4 is 0 Å². The van der Waals surface area contributed by atoms with Crippen LogP contribution in [0, 0.1) is 6.92 Å². The molecule has 4 aromatic rings. The van der Waals surface area contributed by atoms with Crippen molar-refractivity contribution in [1.29, 1.82) is 0 Å². The zero-order valence-electron chi connectivity index (χ0n) is 15.0. The summed E-state index contributed by atoms with van der Waals surface area (Å²) in [6, 6.07) is 17.8. The molecule has 4 rings (SSSR count). The molecule has 2 aromatic carbocycles. The molecular formula is C21H16Cl2N4S. The zero-order chi connectivity index (χ0) is 19.5.